The molecule has 2 aliphatic rings. The van der Waals surface area contributed by atoms with E-state index >= 15 is 0 Å². The minimum Gasteiger partial charge on any atom is -0.309 e. The van der Waals surface area contributed by atoms with E-state index in [1.54, 1.807) is 16.7 Å². The van der Waals surface area contributed by atoms with E-state index in [0.717, 1.165) is 5.92 Å². The second-order valence-electron chi connectivity index (χ2n) is 6.68. The highest BCUT2D eigenvalue weighted by atomic mass is 14.9. The largest absolute Gasteiger partial charge is 0.309 e. The Hall–Kier alpha value is -0.820. The molecule has 1 heterocycles. The van der Waals surface area contributed by atoms with Gasteiger partial charge in [0.05, 0.1) is 0 Å². The third kappa shape index (κ3) is 1.80. The molecule has 2 atom stereocenters. The number of hydrogen-bond donors (Lipinski definition) is 1. The maximum atomic E-state index is 3.77. The van der Waals surface area contributed by atoms with Crippen molar-refractivity contribution in [2.75, 3.05) is 6.54 Å². The second kappa shape index (κ2) is 4.38. The van der Waals surface area contributed by atoms with Crippen LogP contribution >= 0.6 is 0 Å². The van der Waals surface area contributed by atoms with E-state index in [-0.39, 0.29) is 0 Å². The summed E-state index contributed by atoms with van der Waals surface area (Å²) in [5.74, 6) is 0.761. The van der Waals surface area contributed by atoms with Gasteiger partial charge in [0.15, 0.2) is 0 Å². The van der Waals surface area contributed by atoms with E-state index < -0.39 is 0 Å². The van der Waals surface area contributed by atoms with Crippen molar-refractivity contribution in [3.05, 3.63) is 34.9 Å². The van der Waals surface area contributed by atoms with E-state index in [1.165, 1.54) is 32.2 Å². The topological polar surface area (TPSA) is 12.0 Å². The van der Waals surface area contributed by atoms with Gasteiger partial charge in [-0.25, -0.2) is 0 Å². The van der Waals surface area contributed by atoms with Crippen LogP contribution in [0.4, 0.5) is 0 Å². The first-order chi connectivity index (χ1) is 8.63. The lowest BCUT2D eigenvalue weighted by molar-refractivity contribution is 0.342. The van der Waals surface area contributed by atoms with E-state index in [9.17, 15) is 0 Å². The van der Waals surface area contributed by atoms with Gasteiger partial charge >= 0.3 is 0 Å². The third-order valence-electron chi connectivity index (χ3n) is 4.96. The number of nitrogens with one attached hydrogen (secondary N) is 1. The van der Waals surface area contributed by atoms with Crippen LogP contribution < -0.4 is 5.32 Å². The van der Waals surface area contributed by atoms with E-state index in [2.05, 4.69) is 44.3 Å². The van der Waals surface area contributed by atoms with Crippen molar-refractivity contribution in [3.8, 4) is 0 Å². The normalized spacial score (nSPS) is 28.8. The number of hydrogen-bond acceptors (Lipinski definition) is 1. The fourth-order valence-corrected chi connectivity index (χ4v) is 3.89. The maximum Gasteiger partial charge on any atom is 0.0323 e. The predicted octanol–water partition coefficient (Wildman–Crippen LogP) is 4.29. The minimum atomic E-state index is 0.371. The summed E-state index contributed by atoms with van der Waals surface area (Å²) in [7, 11) is 0. The zero-order chi connectivity index (χ0) is 12.8. The molecular formula is C17H25N. The molecule has 98 valence electrons. The summed E-state index contributed by atoms with van der Waals surface area (Å²) in [4.78, 5) is 0. The average molecular weight is 243 g/mol. The van der Waals surface area contributed by atoms with Gasteiger partial charge in [-0.05, 0) is 47.3 Å². The van der Waals surface area contributed by atoms with Gasteiger partial charge in [0.2, 0.25) is 0 Å². The van der Waals surface area contributed by atoms with Crippen LogP contribution in [0.2, 0.25) is 0 Å². The SMILES string of the molecule is CCCC1NCC2CCC(C)(C)c3cccc1c32. The molecular weight excluding hydrogens is 218 g/mol. The zero-order valence-electron chi connectivity index (χ0n) is 11.9. The second-order valence-corrected chi connectivity index (χ2v) is 6.68. The molecule has 3 rings (SSSR count). The smallest absolute Gasteiger partial charge is 0.0323 e. The average Bonchev–Trinajstić information content (AvgIpc) is 2.36. The molecule has 18 heavy (non-hydrogen) atoms. The van der Waals surface area contributed by atoms with Crippen molar-refractivity contribution in [2.24, 2.45) is 0 Å². The van der Waals surface area contributed by atoms with Crippen LogP contribution in [-0.2, 0) is 5.41 Å². The van der Waals surface area contributed by atoms with E-state index in [4.69, 9.17) is 0 Å². The standard InChI is InChI=1S/C17H25N/c1-4-6-15-13-7-5-8-14-16(13)12(11-18-15)9-10-17(14,2)3/h5,7-8,12,15,18H,4,6,9-11H2,1-3H3. The third-order valence-corrected chi connectivity index (χ3v) is 4.96. The number of rotatable bonds is 2. The summed E-state index contributed by atoms with van der Waals surface area (Å²) >= 11 is 0. The van der Waals surface area contributed by atoms with Gasteiger partial charge in [-0.3, -0.25) is 0 Å². The molecule has 0 aromatic heterocycles. The molecule has 1 nitrogen and oxygen atoms in total. The Bertz CT molecular complexity index is 447. The molecule has 1 aliphatic heterocycles. The van der Waals surface area contributed by atoms with Crippen LogP contribution in [0.1, 0.15) is 75.1 Å². The summed E-state index contributed by atoms with van der Waals surface area (Å²) in [5, 5.41) is 3.77. The Morgan fingerprint density at radius 1 is 1.33 bits per heavy atom. The van der Waals surface area contributed by atoms with Gasteiger partial charge in [0.25, 0.3) is 0 Å². The quantitative estimate of drug-likeness (QED) is 0.817. The van der Waals surface area contributed by atoms with Crippen molar-refractivity contribution in [1.82, 2.24) is 5.32 Å². The molecule has 1 heteroatoms. The fourth-order valence-electron chi connectivity index (χ4n) is 3.89. The zero-order valence-corrected chi connectivity index (χ0v) is 11.9. The van der Waals surface area contributed by atoms with Crippen molar-refractivity contribution in [2.45, 2.75) is 63.8 Å². The molecule has 0 bridgehead atoms. The van der Waals surface area contributed by atoms with Crippen molar-refractivity contribution in [3.63, 3.8) is 0 Å². The fraction of sp³-hybridized carbons (Fsp3) is 0.647. The predicted molar refractivity (Wildman–Crippen MR) is 77.1 cm³/mol. The highest BCUT2D eigenvalue weighted by molar-refractivity contribution is 5.47. The first-order valence-electron chi connectivity index (χ1n) is 7.50. The van der Waals surface area contributed by atoms with Crippen LogP contribution in [-0.4, -0.2) is 6.54 Å². The first-order valence-corrected chi connectivity index (χ1v) is 7.50. The Kier molecular flexibility index (Phi) is 2.97. The molecule has 1 aromatic rings. The lowest BCUT2D eigenvalue weighted by Gasteiger charge is -2.43. The summed E-state index contributed by atoms with van der Waals surface area (Å²) in [6.45, 7) is 8.29. The molecule has 0 radical (unpaired) electrons. The molecule has 1 N–H and O–H groups in total. The van der Waals surface area contributed by atoms with Crippen molar-refractivity contribution >= 4 is 0 Å². The van der Waals surface area contributed by atoms with Gasteiger partial charge < -0.3 is 5.32 Å². The summed E-state index contributed by atoms with van der Waals surface area (Å²) in [6, 6.07) is 7.60. The van der Waals surface area contributed by atoms with E-state index in [0.29, 0.717) is 11.5 Å². The molecule has 1 aromatic carbocycles. The molecule has 0 fully saturated rings. The molecule has 0 saturated heterocycles. The minimum absolute atomic E-state index is 0.371. The van der Waals surface area contributed by atoms with Crippen LogP contribution in [0.5, 0.6) is 0 Å². The summed E-state index contributed by atoms with van der Waals surface area (Å²) < 4.78 is 0. The van der Waals surface area contributed by atoms with Crippen LogP contribution in [0.25, 0.3) is 0 Å². The first kappa shape index (κ1) is 12.2. The molecule has 2 unspecified atom stereocenters. The molecule has 1 aliphatic carbocycles. The highest BCUT2D eigenvalue weighted by Gasteiger charge is 2.37. The monoisotopic (exact) mass is 243 g/mol. The molecule has 0 spiro atoms. The summed E-state index contributed by atoms with van der Waals surface area (Å²) in [6.07, 6.45) is 5.20. The van der Waals surface area contributed by atoms with Gasteiger partial charge in [-0.15, -0.1) is 0 Å². The lowest BCUT2D eigenvalue weighted by Crippen LogP contribution is -2.38. The highest BCUT2D eigenvalue weighted by Crippen LogP contribution is 2.47. The van der Waals surface area contributed by atoms with Gasteiger partial charge in [-0.1, -0.05) is 45.4 Å². The Balaban J connectivity index is 2.11. The number of benzene rings is 1. The van der Waals surface area contributed by atoms with Crippen LogP contribution in [0, 0.1) is 0 Å². The van der Waals surface area contributed by atoms with Crippen LogP contribution in [0.15, 0.2) is 18.2 Å². The van der Waals surface area contributed by atoms with Crippen molar-refractivity contribution in [1.29, 1.82) is 0 Å². The van der Waals surface area contributed by atoms with Gasteiger partial charge in [0.1, 0.15) is 0 Å². The summed E-state index contributed by atoms with van der Waals surface area (Å²) in [5.41, 5.74) is 5.29. The van der Waals surface area contributed by atoms with Gasteiger partial charge in [-0.2, -0.15) is 0 Å². The Labute approximate surface area is 111 Å². The Morgan fingerprint density at radius 2 is 2.17 bits per heavy atom. The molecule has 0 saturated carbocycles. The van der Waals surface area contributed by atoms with E-state index in [1.807, 2.05) is 0 Å². The van der Waals surface area contributed by atoms with Gasteiger partial charge in [0, 0.05) is 12.6 Å². The lowest BCUT2D eigenvalue weighted by atomic mass is 9.65. The Morgan fingerprint density at radius 3 is 2.94 bits per heavy atom. The molecule has 0 amide bonds. The van der Waals surface area contributed by atoms with Crippen LogP contribution in [0.3, 0.4) is 0 Å². The van der Waals surface area contributed by atoms with Crippen molar-refractivity contribution < 1.29 is 0 Å². The maximum absolute atomic E-state index is 3.77.